The highest BCUT2D eigenvalue weighted by molar-refractivity contribution is 6.30. The zero-order valence-corrected chi connectivity index (χ0v) is 30.2. The molecule has 0 radical (unpaired) electrons. The SMILES string of the molecule is CC(=O)N1c2ccc(-c3ccc(N4CCC(N(C)Cc5ccc(N6CCC(=O)NC6=O)cc5)CC4)cc3)cc2C(Nc2ccc(Cl)cc2)CC1C. The monoisotopic (exact) mass is 704 g/mol. The summed E-state index contributed by atoms with van der Waals surface area (Å²) in [6, 6.07) is 31.5. The first-order valence-electron chi connectivity index (χ1n) is 17.8. The summed E-state index contributed by atoms with van der Waals surface area (Å²) in [7, 11) is 2.19. The van der Waals surface area contributed by atoms with Crippen LogP contribution in [0.15, 0.2) is 91.0 Å². The van der Waals surface area contributed by atoms with Crippen molar-refractivity contribution in [2.45, 2.75) is 64.2 Å². The number of hydrogen-bond acceptors (Lipinski definition) is 6. The number of carbonyl (C=O) groups is 3. The molecule has 2 fully saturated rings. The molecule has 9 nitrogen and oxygen atoms in total. The van der Waals surface area contributed by atoms with Crippen molar-refractivity contribution in [3.8, 4) is 11.1 Å². The third kappa shape index (κ3) is 7.60. The second-order valence-corrected chi connectivity index (χ2v) is 14.5. The number of nitrogens with one attached hydrogen (secondary N) is 2. The lowest BCUT2D eigenvalue weighted by molar-refractivity contribution is -0.120. The first-order valence-corrected chi connectivity index (χ1v) is 18.2. The topological polar surface area (TPSA) is 88.2 Å². The van der Waals surface area contributed by atoms with E-state index in [0.717, 1.165) is 72.6 Å². The molecule has 10 heteroatoms. The lowest BCUT2D eigenvalue weighted by Crippen LogP contribution is -2.49. The van der Waals surface area contributed by atoms with Crippen molar-refractivity contribution >= 4 is 52.2 Å². The maximum atomic E-state index is 12.7. The minimum Gasteiger partial charge on any atom is -0.378 e. The number of rotatable bonds is 8. The number of urea groups is 1. The summed E-state index contributed by atoms with van der Waals surface area (Å²) >= 11 is 6.14. The second kappa shape index (κ2) is 14.8. The Hall–Kier alpha value is -4.86. The Morgan fingerprint density at radius 3 is 2.22 bits per heavy atom. The van der Waals surface area contributed by atoms with Gasteiger partial charge in [-0.25, -0.2) is 4.79 Å². The molecule has 3 heterocycles. The summed E-state index contributed by atoms with van der Waals surface area (Å²) in [6.45, 7) is 6.98. The molecule has 3 aliphatic rings. The molecule has 0 spiro atoms. The van der Waals surface area contributed by atoms with E-state index in [-0.39, 0.29) is 29.9 Å². The third-order valence-electron chi connectivity index (χ3n) is 10.6. The fourth-order valence-corrected chi connectivity index (χ4v) is 7.97. The fraction of sp³-hybridized carbons (Fsp3) is 0.341. The standard InChI is InChI=1S/C41H45ClN6O3/c1-27-24-38(43-33-11-9-32(42)10-12-33)37-25-31(8-17-39(37)48(27)28(2)49)30-6-15-35(16-7-30)46-21-18-34(19-22-46)45(3)26-29-4-13-36(14-5-29)47-23-20-40(50)44-41(47)51/h4-17,25,27,34,38,43H,18-24,26H2,1-3H3,(H,44,50,51). The van der Waals surface area contributed by atoms with Crippen LogP contribution in [0.5, 0.6) is 0 Å². The average Bonchev–Trinajstić information content (AvgIpc) is 3.13. The largest absolute Gasteiger partial charge is 0.378 e. The van der Waals surface area contributed by atoms with Crippen molar-refractivity contribution in [1.82, 2.24) is 10.2 Å². The van der Waals surface area contributed by atoms with Crippen LogP contribution in [0.3, 0.4) is 0 Å². The zero-order chi connectivity index (χ0) is 35.6. The van der Waals surface area contributed by atoms with Gasteiger partial charge in [-0.3, -0.25) is 24.7 Å². The molecule has 7 rings (SSSR count). The van der Waals surface area contributed by atoms with Gasteiger partial charge >= 0.3 is 6.03 Å². The third-order valence-corrected chi connectivity index (χ3v) is 10.8. The molecular formula is C41H45ClN6O3. The highest BCUT2D eigenvalue weighted by Crippen LogP contribution is 2.41. The van der Waals surface area contributed by atoms with Gasteiger partial charge in [-0.2, -0.15) is 0 Å². The van der Waals surface area contributed by atoms with Crippen molar-refractivity contribution in [2.75, 3.05) is 46.7 Å². The average molecular weight is 705 g/mol. The van der Waals surface area contributed by atoms with E-state index in [1.54, 1.807) is 11.8 Å². The van der Waals surface area contributed by atoms with Crippen molar-refractivity contribution < 1.29 is 14.4 Å². The Balaban J connectivity index is 0.980. The van der Waals surface area contributed by atoms with Crippen LogP contribution in [-0.2, 0) is 16.1 Å². The van der Waals surface area contributed by atoms with Gasteiger partial charge in [0.25, 0.3) is 0 Å². The summed E-state index contributed by atoms with van der Waals surface area (Å²) in [5, 5.41) is 6.79. The quantitative estimate of drug-likeness (QED) is 0.194. The maximum Gasteiger partial charge on any atom is 0.328 e. The number of hydrogen-bond donors (Lipinski definition) is 2. The zero-order valence-electron chi connectivity index (χ0n) is 29.4. The van der Waals surface area contributed by atoms with Crippen molar-refractivity contribution in [3.63, 3.8) is 0 Å². The molecule has 2 unspecified atom stereocenters. The maximum absolute atomic E-state index is 12.7. The Kier molecular flexibility index (Phi) is 10.0. The van der Waals surface area contributed by atoms with E-state index in [1.165, 1.54) is 11.3 Å². The van der Waals surface area contributed by atoms with E-state index in [4.69, 9.17) is 11.6 Å². The molecule has 2 saturated heterocycles. The molecule has 2 N–H and O–H groups in total. The predicted molar refractivity (Wildman–Crippen MR) is 206 cm³/mol. The molecule has 51 heavy (non-hydrogen) atoms. The van der Waals surface area contributed by atoms with Gasteiger partial charge in [0.15, 0.2) is 0 Å². The molecule has 4 aromatic carbocycles. The summed E-state index contributed by atoms with van der Waals surface area (Å²) in [6.07, 6.45) is 3.28. The molecule has 0 saturated carbocycles. The highest BCUT2D eigenvalue weighted by Gasteiger charge is 2.33. The van der Waals surface area contributed by atoms with Gasteiger partial charge in [0, 0.05) is 79.4 Å². The van der Waals surface area contributed by atoms with Gasteiger partial charge in [-0.1, -0.05) is 41.9 Å². The number of fused-ring (bicyclic) bond motifs is 1. The van der Waals surface area contributed by atoms with Crippen LogP contribution in [0.4, 0.5) is 27.5 Å². The van der Waals surface area contributed by atoms with Gasteiger partial charge in [-0.05, 0) is 116 Å². The minimum absolute atomic E-state index is 0.0554. The van der Waals surface area contributed by atoms with Crippen LogP contribution in [0, 0.1) is 0 Å². The Labute approximate surface area is 305 Å². The number of nitrogens with zero attached hydrogens (tertiary/aromatic N) is 4. The highest BCUT2D eigenvalue weighted by atomic mass is 35.5. The molecule has 3 aliphatic heterocycles. The summed E-state index contributed by atoms with van der Waals surface area (Å²) in [5.74, 6) is -0.167. The molecule has 0 aromatic heterocycles. The molecule has 4 amide bonds. The number of anilines is 4. The van der Waals surface area contributed by atoms with Gasteiger partial charge in [-0.15, -0.1) is 0 Å². The van der Waals surface area contributed by atoms with Gasteiger partial charge in [0.05, 0.1) is 6.04 Å². The van der Waals surface area contributed by atoms with E-state index in [1.807, 2.05) is 41.3 Å². The molecule has 0 bridgehead atoms. The fourth-order valence-electron chi connectivity index (χ4n) is 7.85. The van der Waals surface area contributed by atoms with E-state index in [9.17, 15) is 14.4 Å². The smallest absolute Gasteiger partial charge is 0.328 e. The van der Waals surface area contributed by atoms with Crippen LogP contribution < -0.4 is 25.3 Å². The molecular weight excluding hydrogens is 660 g/mol. The number of carbonyl (C=O) groups excluding carboxylic acids is 3. The number of imide groups is 1. The van der Waals surface area contributed by atoms with Crippen LogP contribution >= 0.6 is 11.6 Å². The number of amides is 4. The van der Waals surface area contributed by atoms with Crippen molar-refractivity contribution in [1.29, 1.82) is 0 Å². The summed E-state index contributed by atoms with van der Waals surface area (Å²) in [5.41, 5.74) is 8.60. The first kappa shape index (κ1) is 34.6. The first-order chi connectivity index (χ1) is 24.6. The second-order valence-electron chi connectivity index (χ2n) is 14.1. The van der Waals surface area contributed by atoms with Crippen LogP contribution in [0.1, 0.15) is 56.7 Å². The Bertz CT molecular complexity index is 1890. The number of benzene rings is 4. The molecule has 4 aromatic rings. The summed E-state index contributed by atoms with van der Waals surface area (Å²) < 4.78 is 0. The minimum atomic E-state index is -0.357. The van der Waals surface area contributed by atoms with Gasteiger partial charge < -0.3 is 15.1 Å². The van der Waals surface area contributed by atoms with E-state index < -0.39 is 0 Å². The number of piperidine rings is 1. The van der Waals surface area contributed by atoms with Crippen molar-refractivity contribution in [2.24, 2.45) is 0 Å². The predicted octanol–water partition coefficient (Wildman–Crippen LogP) is 7.85. The lowest BCUT2D eigenvalue weighted by Gasteiger charge is -2.40. The van der Waals surface area contributed by atoms with Crippen LogP contribution in [0.25, 0.3) is 11.1 Å². The Morgan fingerprint density at radius 1 is 0.882 bits per heavy atom. The molecule has 264 valence electrons. The Morgan fingerprint density at radius 2 is 1.55 bits per heavy atom. The van der Waals surface area contributed by atoms with Gasteiger partial charge in [0.1, 0.15) is 0 Å². The van der Waals surface area contributed by atoms with Gasteiger partial charge in [0.2, 0.25) is 11.8 Å². The van der Waals surface area contributed by atoms with E-state index in [2.05, 4.69) is 89.0 Å². The van der Waals surface area contributed by atoms with Crippen LogP contribution in [-0.4, -0.2) is 61.5 Å². The van der Waals surface area contributed by atoms with E-state index >= 15 is 0 Å². The number of halogens is 1. The molecule has 0 aliphatic carbocycles. The van der Waals surface area contributed by atoms with E-state index in [0.29, 0.717) is 24.0 Å². The van der Waals surface area contributed by atoms with Crippen molar-refractivity contribution in [3.05, 3.63) is 107 Å². The normalized spacial score (nSPS) is 19.6. The lowest BCUT2D eigenvalue weighted by atomic mass is 9.89. The molecule has 2 atom stereocenters. The van der Waals surface area contributed by atoms with Crippen LogP contribution in [0.2, 0.25) is 5.02 Å². The summed E-state index contributed by atoms with van der Waals surface area (Å²) in [4.78, 5) is 44.8.